The van der Waals surface area contributed by atoms with E-state index in [1.54, 1.807) is 41.9 Å². The largest absolute Gasteiger partial charge is 0.320 e. The lowest BCUT2D eigenvalue weighted by molar-refractivity contribution is 0.0967. The van der Waals surface area contributed by atoms with Crippen molar-refractivity contribution in [3.05, 3.63) is 48.0 Å². The molecule has 0 amide bonds. The second-order valence-corrected chi connectivity index (χ2v) is 7.48. The maximum atomic E-state index is 13.9. The number of nitrogens with zero attached hydrogens (tertiary/aromatic N) is 3. The van der Waals surface area contributed by atoms with E-state index in [2.05, 4.69) is 14.9 Å². The Bertz CT molecular complexity index is 792. The number of aryl methyl sites for hydroxylation is 1. The summed E-state index contributed by atoms with van der Waals surface area (Å²) in [5.41, 5.74) is 0.464. The molecule has 3 rings (SSSR count). The summed E-state index contributed by atoms with van der Waals surface area (Å²) in [4.78, 5) is 0. The molecule has 0 saturated heterocycles. The van der Waals surface area contributed by atoms with Crippen LogP contribution in [0, 0.1) is 5.92 Å². The molecule has 1 heterocycles. The third-order valence-corrected chi connectivity index (χ3v) is 5.40. The number of aromatic nitrogens is 3. The van der Waals surface area contributed by atoms with E-state index in [-0.39, 0.29) is 6.54 Å². The van der Waals surface area contributed by atoms with E-state index in [9.17, 15) is 17.2 Å². The molecule has 0 aliphatic heterocycles. The second-order valence-electron chi connectivity index (χ2n) is 5.63. The average Bonchev–Trinajstić information content (AvgIpc) is 2.81. The van der Waals surface area contributed by atoms with Gasteiger partial charge in [-0.1, -0.05) is 30.3 Å². The van der Waals surface area contributed by atoms with Gasteiger partial charge in [-0.3, -0.25) is 0 Å². The first kappa shape index (κ1) is 16.0. The number of alkyl halides is 2. The number of nitrogens with one attached hydrogen (secondary N) is 1. The van der Waals surface area contributed by atoms with Gasteiger partial charge in [0.15, 0.2) is 0 Å². The highest BCUT2D eigenvalue weighted by molar-refractivity contribution is 7.89. The predicted octanol–water partition coefficient (Wildman–Crippen LogP) is 1.28. The molecule has 1 saturated carbocycles. The number of hydrogen-bond acceptors (Lipinski definition) is 4. The Morgan fingerprint density at radius 2 is 2.00 bits per heavy atom. The normalized spacial score (nSPS) is 22.9. The van der Waals surface area contributed by atoms with Gasteiger partial charge in [-0.15, -0.1) is 10.2 Å². The van der Waals surface area contributed by atoms with Crippen molar-refractivity contribution in [2.45, 2.75) is 18.4 Å². The monoisotopic (exact) mass is 342 g/mol. The Morgan fingerprint density at radius 3 is 2.61 bits per heavy atom. The van der Waals surface area contributed by atoms with Crippen LogP contribution in [-0.4, -0.2) is 34.9 Å². The molecule has 1 aromatic heterocycles. The number of benzene rings is 1. The van der Waals surface area contributed by atoms with E-state index in [0.717, 1.165) is 0 Å². The third kappa shape index (κ3) is 3.25. The standard InChI is InChI=1S/C14H16F2N4O2S/c1-20-9-17-19-12(20)7-18-23(21,22)8-11-13(14(11,15)16)10-5-3-2-4-6-10/h2-6,9,11,13,18H,7-8H2,1H3/t11-,13-/m1/s1. The van der Waals surface area contributed by atoms with Gasteiger partial charge in [0.2, 0.25) is 10.0 Å². The van der Waals surface area contributed by atoms with Crippen LogP contribution in [0.3, 0.4) is 0 Å². The highest BCUT2D eigenvalue weighted by atomic mass is 32.2. The van der Waals surface area contributed by atoms with Gasteiger partial charge in [0.1, 0.15) is 12.2 Å². The van der Waals surface area contributed by atoms with Gasteiger partial charge < -0.3 is 4.57 Å². The van der Waals surface area contributed by atoms with Crippen molar-refractivity contribution in [2.75, 3.05) is 5.75 Å². The summed E-state index contributed by atoms with van der Waals surface area (Å²) in [6.45, 7) is -0.0763. The topological polar surface area (TPSA) is 76.9 Å². The predicted molar refractivity (Wildman–Crippen MR) is 79.2 cm³/mol. The number of sulfonamides is 1. The van der Waals surface area contributed by atoms with Gasteiger partial charge in [-0.2, -0.15) is 0 Å². The molecular formula is C14H16F2N4O2S. The van der Waals surface area contributed by atoms with Crippen LogP contribution >= 0.6 is 0 Å². The van der Waals surface area contributed by atoms with Crippen LogP contribution < -0.4 is 4.72 Å². The second kappa shape index (κ2) is 5.64. The van der Waals surface area contributed by atoms with Crippen molar-refractivity contribution in [1.82, 2.24) is 19.5 Å². The van der Waals surface area contributed by atoms with Gasteiger partial charge in [-0.05, 0) is 5.56 Å². The van der Waals surface area contributed by atoms with Gasteiger partial charge >= 0.3 is 0 Å². The number of halogens is 2. The van der Waals surface area contributed by atoms with E-state index in [1.807, 2.05) is 0 Å². The van der Waals surface area contributed by atoms with Crippen molar-refractivity contribution in [3.8, 4) is 0 Å². The first-order valence-corrected chi connectivity index (χ1v) is 8.69. The molecule has 1 aliphatic carbocycles. The first-order valence-electron chi connectivity index (χ1n) is 7.04. The summed E-state index contributed by atoms with van der Waals surface area (Å²) in [6.07, 6.45) is 1.43. The lowest BCUT2D eigenvalue weighted by Crippen LogP contribution is -2.28. The van der Waals surface area contributed by atoms with Crippen LogP contribution in [0.5, 0.6) is 0 Å². The fourth-order valence-electron chi connectivity index (χ4n) is 2.65. The van der Waals surface area contributed by atoms with Crippen LogP contribution in [-0.2, 0) is 23.6 Å². The molecule has 124 valence electrons. The zero-order chi connectivity index (χ0) is 16.7. The van der Waals surface area contributed by atoms with Gasteiger partial charge in [-0.25, -0.2) is 21.9 Å². The average molecular weight is 342 g/mol. The Morgan fingerprint density at radius 1 is 1.30 bits per heavy atom. The molecular weight excluding hydrogens is 326 g/mol. The molecule has 0 bridgehead atoms. The van der Waals surface area contributed by atoms with Crippen molar-refractivity contribution >= 4 is 10.0 Å². The minimum absolute atomic E-state index is 0.0763. The van der Waals surface area contributed by atoms with Gasteiger partial charge in [0.05, 0.1) is 24.1 Å². The van der Waals surface area contributed by atoms with Crippen molar-refractivity contribution in [3.63, 3.8) is 0 Å². The molecule has 1 aliphatic rings. The molecule has 1 N–H and O–H groups in total. The Kier molecular flexibility index (Phi) is 3.93. The van der Waals surface area contributed by atoms with E-state index < -0.39 is 33.5 Å². The summed E-state index contributed by atoms with van der Waals surface area (Å²) in [5.74, 6) is -5.45. The van der Waals surface area contributed by atoms with Gasteiger partial charge in [0, 0.05) is 7.05 Å². The quantitative estimate of drug-likeness (QED) is 0.858. The molecule has 2 aromatic rings. The van der Waals surface area contributed by atoms with E-state index in [1.165, 1.54) is 6.33 Å². The smallest absolute Gasteiger partial charge is 0.260 e. The molecule has 2 atom stereocenters. The van der Waals surface area contributed by atoms with Crippen LogP contribution in [0.25, 0.3) is 0 Å². The number of rotatable bonds is 6. The molecule has 0 spiro atoms. The zero-order valence-electron chi connectivity index (χ0n) is 12.4. The minimum atomic E-state index is -3.83. The lowest BCUT2D eigenvalue weighted by atomic mass is 10.1. The highest BCUT2D eigenvalue weighted by Gasteiger charge is 2.69. The Balaban J connectivity index is 1.65. The first-order chi connectivity index (χ1) is 10.8. The van der Waals surface area contributed by atoms with Gasteiger partial charge in [0.25, 0.3) is 5.92 Å². The fraction of sp³-hybridized carbons (Fsp3) is 0.429. The van der Waals surface area contributed by atoms with E-state index in [0.29, 0.717) is 11.4 Å². The van der Waals surface area contributed by atoms with Crippen LogP contribution in [0.4, 0.5) is 8.78 Å². The van der Waals surface area contributed by atoms with Crippen LogP contribution in [0.1, 0.15) is 17.3 Å². The maximum absolute atomic E-state index is 13.9. The number of hydrogen-bond donors (Lipinski definition) is 1. The molecule has 6 nitrogen and oxygen atoms in total. The molecule has 23 heavy (non-hydrogen) atoms. The maximum Gasteiger partial charge on any atom is 0.260 e. The lowest BCUT2D eigenvalue weighted by Gasteiger charge is -2.05. The SMILES string of the molecule is Cn1cnnc1CNS(=O)(=O)C[C@@H]1[C@@H](c2ccccc2)C1(F)F. The third-order valence-electron chi connectivity index (χ3n) is 4.02. The highest BCUT2D eigenvalue weighted by Crippen LogP contribution is 2.61. The van der Waals surface area contributed by atoms with E-state index >= 15 is 0 Å². The van der Waals surface area contributed by atoms with E-state index in [4.69, 9.17) is 0 Å². The summed E-state index contributed by atoms with van der Waals surface area (Å²) < 4.78 is 55.8. The Labute approximate surface area is 132 Å². The van der Waals surface area contributed by atoms with Crippen LogP contribution in [0.15, 0.2) is 36.7 Å². The molecule has 1 aromatic carbocycles. The molecule has 1 fully saturated rings. The van der Waals surface area contributed by atoms with Crippen molar-refractivity contribution in [1.29, 1.82) is 0 Å². The summed E-state index contributed by atoms with van der Waals surface area (Å²) >= 11 is 0. The van der Waals surface area contributed by atoms with Crippen LogP contribution in [0.2, 0.25) is 0 Å². The summed E-state index contributed by atoms with van der Waals surface area (Å²) in [5, 5.41) is 7.37. The molecule has 9 heteroatoms. The zero-order valence-corrected chi connectivity index (χ0v) is 13.2. The van der Waals surface area contributed by atoms with Crippen molar-refractivity contribution < 1.29 is 17.2 Å². The van der Waals surface area contributed by atoms with Crippen molar-refractivity contribution in [2.24, 2.45) is 13.0 Å². The summed E-state index contributed by atoms with van der Waals surface area (Å²) in [6, 6.07) is 8.26. The minimum Gasteiger partial charge on any atom is -0.320 e. The molecule has 0 radical (unpaired) electrons. The molecule has 0 unspecified atom stereocenters. The fourth-order valence-corrected chi connectivity index (χ4v) is 4.00. The summed E-state index contributed by atoms with van der Waals surface area (Å²) in [7, 11) is -2.16. The Hall–Kier alpha value is -1.87.